The number of Topliss-reactive ketones (excluding diaryl/α,β-unsaturated/α-hetero) is 1. The van der Waals surface area contributed by atoms with E-state index in [9.17, 15) is 19.7 Å². The van der Waals surface area contributed by atoms with E-state index in [-0.39, 0.29) is 23.6 Å². The first-order valence-electron chi connectivity index (χ1n) is 8.80. The van der Waals surface area contributed by atoms with Gasteiger partial charge in [0, 0.05) is 22.7 Å². The Morgan fingerprint density at radius 3 is 2.57 bits per heavy atom. The topological polar surface area (TPSA) is 123 Å². The van der Waals surface area contributed by atoms with Gasteiger partial charge in [-0.2, -0.15) is 0 Å². The van der Waals surface area contributed by atoms with Crippen molar-refractivity contribution in [3.8, 4) is 5.75 Å². The lowest BCUT2D eigenvalue weighted by molar-refractivity contribution is -0.385. The smallest absolute Gasteiger partial charge is 0.282 e. The number of nitro benzene ring substituents is 1. The fourth-order valence-electron chi connectivity index (χ4n) is 2.61. The van der Waals surface area contributed by atoms with E-state index in [1.165, 1.54) is 43.6 Å². The number of carbonyl (C=O) groups excluding carboxylic acids is 2. The number of hydrogen-bond acceptors (Lipinski definition) is 8. The summed E-state index contributed by atoms with van der Waals surface area (Å²) in [5.41, 5.74) is 1.61. The van der Waals surface area contributed by atoms with Gasteiger partial charge in [-0.1, -0.05) is 0 Å². The number of rotatable bonds is 8. The fourth-order valence-corrected chi connectivity index (χ4v) is 3.34. The zero-order valence-electron chi connectivity index (χ0n) is 16.2. The molecule has 0 unspecified atom stereocenters. The maximum atomic E-state index is 12.5. The molecule has 0 aliphatic carbocycles. The second kappa shape index (κ2) is 9.14. The van der Waals surface area contributed by atoms with Crippen LogP contribution in [0.4, 0.5) is 16.5 Å². The predicted molar refractivity (Wildman–Crippen MR) is 113 cm³/mol. The maximum absolute atomic E-state index is 12.5. The number of aromatic nitrogens is 1. The molecule has 0 bridgehead atoms. The van der Waals surface area contributed by atoms with Gasteiger partial charge in [0.25, 0.3) is 11.6 Å². The molecule has 0 fully saturated rings. The summed E-state index contributed by atoms with van der Waals surface area (Å²) in [6, 6.07) is 11.0. The van der Waals surface area contributed by atoms with Crippen LogP contribution in [0.15, 0.2) is 47.8 Å². The van der Waals surface area contributed by atoms with Gasteiger partial charge in [0.1, 0.15) is 11.3 Å². The summed E-state index contributed by atoms with van der Waals surface area (Å²) < 4.78 is 5.04. The van der Waals surface area contributed by atoms with Crippen LogP contribution in [-0.4, -0.2) is 28.7 Å². The van der Waals surface area contributed by atoms with Gasteiger partial charge < -0.3 is 15.4 Å². The lowest BCUT2D eigenvalue weighted by Crippen LogP contribution is -2.24. The second-order valence-electron chi connectivity index (χ2n) is 6.23. The lowest BCUT2D eigenvalue weighted by atomic mass is 10.1. The van der Waals surface area contributed by atoms with Gasteiger partial charge >= 0.3 is 0 Å². The third-order valence-electron chi connectivity index (χ3n) is 4.17. The Morgan fingerprint density at radius 1 is 1.20 bits per heavy atom. The van der Waals surface area contributed by atoms with Crippen molar-refractivity contribution in [3.63, 3.8) is 0 Å². The third kappa shape index (κ3) is 4.97. The molecule has 0 atom stereocenters. The largest absolute Gasteiger partial charge is 0.497 e. The summed E-state index contributed by atoms with van der Waals surface area (Å²) in [6.07, 6.45) is 0. The number of ketones is 1. The van der Waals surface area contributed by atoms with Crippen LogP contribution < -0.4 is 15.4 Å². The molecule has 154 valence electrons. The first-order valence-corrected chi connectivity index (χ1v) is 9.68. The van der Waals surface area contributed by atoms with E-state index < -0.39 is 10.8 Å². The first-order chi connectivity index (χ1) is 14.4. The van der Waals surface area contributed by atoms with E-state index in [0.29, 0.717) is 22.1 Å². The Labute approximate surface area is 175 Å². The van der Waals surface area contributed by atoms with Crippen molar-refractivity contribution in [1.82, 2.24) is 10.3 Å². The Bertz CT molecular complexity index is 1090. The number of anilines is 2. The molecule has 0 aliphatic heterocycles. The highest BCUT2D eigenvalue weighted by molar-refractivity contribution is 7.13. The van der Waals surface area contributed by atoms with E-state index in [4.69, 9.17) is 4.74 Å². The summed E-state index contributed by atoms with van der Waals surface area (Å²) in [7, 11) is 1.42. The van der Waals surface area contributed by atoms with Crippen LogP contribution in [0.25, 0.3) is 0 Å². The number of benzene rings is 2. The Morgan fingerprint density at radius 2 is 1.93 bits per heavy atom. The van der Waals surface area contributed by atoms with Crippen molar-refractivity contribution >= 4 is 39.5 Å². The van der Waals surface area contributed by atoms with Crippen molar-refractivity contribution in [2.75, 3.05) is 12.4 Å². The normalized spacial score (nSPS) is 10.3. The molecular weight excluding hydrogens is 408 g/mol. The molecule has 0 saturated heterocycles. The van der Waals surface area contributed by atoms with Gasteiger partial charge in [-0.15, -0.1) is 11.3 Å². The number of nitrogens with zero attached hydrogens (tertiary/aromatic N) is 2. The van der Waals surface area contributed by atoms with Gasteiger partial charge in [-0.25, -0.2) is 4.98 Å². The summed E-state index contributed by atoms with van der Waals surface area (Å²) >= 11 is 1.35. The lowest BCUT2D eigenvalue weighted by Gasteiger charge is -2.06. The minimum Gasteiger partial charge on any atom is -0.497 e. The monoisotopic (exact) mass is 426 g/mol. The van der Waals surface area contributed by atoms with Crippen LogP contribution in [0.3, 0.4) is 0 Å². The average molecular weight is 426 g/mol. The summed E-state index contributed by atoms with van der Waals surface area (Å²) in [6.45, 7) is 1.61. The molecule has 0 saturated carbocycles. The number of hydrogen-bond donors (Lipinski definition) is 2. The quantitative estimate of drug-likeness (QED) is 0.318. The van der Waals surface area contributed by atoms with E-state index >= 15 is 0 Å². The van der Waals surface area contributed by atoms with Crippen LogP contribution >= 0.6 is 11.3 Å². The number of ether oxygens (including phenoxy) is 1. The van der Waals surface area contributed by atoms with Crippen LogP contribution in [0.2, 0.25) is 0 Å². The number of thiazole rings is 1. The first kappa shape index (κ1) is 20.9. The Balaban J connectivity index is 1.65. The average Bonchev–Trinajstić information content (AvgIpc) is 3.19. The summed E-state index contributed by atoms with van der Waals surface area (Å²) in [5, 5.41) is 19.3. The molecule has 3 rings (SSSR count). The molecule has 2 N–H and O–H groups in total. The minimum absolute atomic E-state index is 0.00917. The highest BCUT2D eigenvalue weighted by atomic mass is 32.1. The van der Waals surface area contributed by atoms with Crippen LogP contribution in [-0.2, 0) is 6.54 Å². The highest BCUT2D eigenvalue weighted by Gasteiger charge is 2.21. The molecule has 0 spiro atoms. The van der Waals surface area contributed by atoms with Gasteiger partial charge in [0.15, 0.2) is 10.9 Å². The zero-order valence-corrected chi connectivity index (χ0v) is 17.0. The van der Waals surface area contributed by atoms with Crippen molar-refractivity contribution in [2.45, 2.75) is 13.5 Å². The molecular formula is C20H18N4O5S. The van der Waals surface area contributed by atoms with Gasteiger partial charge in [-0.05, 0) is 43.3 Å². The van der Waals surface area contributed by atoms with Crippen molar-refractivity contribution < 1.29 is 19.2 Å². The number of nitro groups is 1. The van der Waals surface area contributed by atoms with Crippen LogP contribution in [0.5, 0.6) is 5.75 Å². The molecule has 1 heterocycles. The summed E-state index contributed by atoms with van der Waals surface area (Å²) in [5.74, 6) is -0.255. The second-order valence-corrected chi connectivity index (χ2v) is 7.08. The molecule has 9 nitrogen and oxygen atoms in total. The maximum Gasteiger partial charge on any atom is 0.282 e. The zero-order chi connectivity index (χ0) is 21.7. The molecule has 0 aliphatic rings. The number of methoxy groups -OCH3 is 1. The minimum atomic E-state index is -0.614. The van der Waals surface area contributed by atoms with Crippen LogP contribution in [0, 0.1) is 10.1 Å². The molecule has 10 heteroatoms. The summed E-state index contributed by atoms with van der Waals surface area (Å²) in [4.78, 5) is 38.7. The third-order valence-corrected chi connectivity index (χ3v) is 4.98. The van der Waals surface area contributed by atoms with E-state index in [0.717, 1.165) is 5.69 Å². The predicted octanol–water partition coefficient (Wildman–Crippen LogP) is 3.94. The number of nitrogens with one attached hydrogen (secondary N) is 2. The molecule has 2 aromatic carbocycles. The van der Waals surface area contributed by atoms with Crippen molar-refractivity contribution in [2.24, 2.45) is 0 Å². The van der Waals surface area contributed by atoms with Crippen LogP contribution in [0.1, 0.15) is 33.3 Å². The highest BCUT2D eigenvalue weighted by Crippen LogP contribution is 2.25. The molecule has 30 heavy (non-hydrogen) atoms. The Hall–Kier alpha value is -3.79. The van der Waals surface area contributed by atoms with Gasteiger partial charge in [-0.3, -0.25) is 19.7 Å². The molecule has 1 amide bonds. The molecule has 0 radical (unpaired) electrons. The van der Waals surface area contributed by atoms with E-state index in [1.807, 2.05) is 0 Å². The SMILES string of the molecule is COc1ccc([N+](=O)[O-])c(C(=O)NCc2csc(Nc3ccc(C(C)=O)cc3)n2)c1. The molecule has 1 aromatic heterocycles. The number of carbonyl (C=O) groups is 2. The van der Waals surface area contributed by atoms with Crippen molar-refractivity contribution in [1.29, 1.82) is 0 Å². The van der Waals surface area contributed by atoms with E-state index in [1.54, 1.807) is 29.6 Å². The molecule has 3 aromatic rings. The number of amides is 1. The Kier molecular flexibility index (Phi) is 6.38. The standard InChI is InChI=1S/C20H18N4O5S/c1-12(25)13-3-5-14(6-4-13)22-20-23-15(11-30-20)10-21-19(26)17-9-16(29-2)7-8-18(17)24(27)28/h3-9,11H,10H2,1-2H3,(H,21,26)(H,22,23). The van der Waals surface area contributed by atoms with E-state index in [2.05, 4.69) is 15.6 Å². The van der Waals surface area contributed by atoms with Gasteiger partial charge in [0.2, 0.25) is 0 Å². The van der Waals surface area contributed by atoms with Gasteiger partial charge in [0.05, 0.1) is 24.3 Å². The van der Waals surface area contributed by atoms with Crippen molar-refractivity contribution in [3.05, 3.63) is 74.8 Å². The fraction of sp³-hybridized carbons (Fsp3) is 0.150.